The summed E-state index contributed by atoms with van der Waals surface area (Å²) in [5, 5.41) is 6.59. The normalized spacial score (nSPS) is 34.6. The molecule has 0 aromatic heterocycles. The van der Waals surface area contributed by atoms with Crippen LogP contribution in [0.2, 0.25) is 0 Å². The van der Waals surface area contributed by atoms with Crippen LogP contribution in [-0.4, -0.2) is 48.8 Å². The Morgan fingerprint density at radius 3 is 2.95 bits per heavy atom. The number of hydrogen-bond donors (Lipinski definition) is 2. The Morgan fingerprint density at radius 2 is 2.21 bits per heavy atom. The van der Waals surface area contributed by atoms with Crippen molar-refractivity contribution in [2.45, 2.75) is 43.7 Å². The van der Waals surface area contributed by atoms with Crippen LogP contribution in [0.4, 0.5) is 0 Å². The summed E-state index contributed by atoms with van der Waals surface area (Å²) in [6, 6.07) is 0.560. The maximum Gasteiger partial charge on any atom is 0.223 e. The first kappa shape index (κ1) is 13.7. The molecule has 1 aliphatic carbocycles. The summed E-state index contributed by atoms with van der Waals surface area (Å²) in [5.74, 6) is 2.97. The standard InChI is InChI=1S/C14H24N2O2S/c17-13(11-1-2-11)16-6-5-15-12-3-7-18-14(9-12)4-8-19-10-14/h11-12,15H,1-10H2,(H,16,17). The number of rotatable bonds is 5. The lowest BCUT2D eigenvalue weighted by atomic mass is 9.90. The average Bonchev–Trinajstić information content (AvgIpc) is 3.18. The summed E-state index contributed by atoms with van der Waals surface area (Å²) >= 11 is 2.01. The number of thioether (sulfide) groups is 1. The molecule has 108 valence electrons. The summed E-state index contributed by atoms with van der Waals surface area (Å²) in [6.07, 6.45) is 5.60. The van der Waals surface area contributed by atoms with Crippen LogP contribution in [-0.2, 0) is 9.53 Å². The highest BCUT2D eigenvalue weighted by molar-refractivity contribution is 7.99. The van der Waals surface area contributed by atoms with Gasteiger partial charge in [-0.25, -0.2) is 0 Å². The minimum atomic E-state index is 0.151. The molecule has 2 unspecified atom stereocenters. The third-order valence-corrected chi connectivity index (χ3v) is 5.59. The highest BCUT2D eigenvalue weighted by Gasteiger charge is 2.40. The maximum absolute atomic E-state index is 11.5. The van der Waals surface area contributed by atoms with Crippen molar-refractivity contribution in [3.63, 3.8) is 0 Å². The van der Waals surface area contributed by atoms with E-state index < -0.39 is 0 Å². The molecule has 2 heterocycles. The SMILES string of the molecule is O=C(NCCNC1CCOC2(CCSC2)C1)C1CC1. The third-order valence-electron chi connectivity index (χ3n) is 4.37. The van der Waals surface area contributed by atoms with Gasteiger partial charge in [-0.3, -0.25) is 4.79 Å². The Hall–Kier alpha value is -0.260. The van der Waals surface area contributed by atoms with Gasteiger partial charge in [-0.1, -0.05) is 0 Å². The Bertz CT molecular complexity index is 327. The number of ether oxygens (including phenoxy) is 1. The van der Waals surface area contributed by atoms with Gasteiger partial charge in [-0.05, 0) is 37.9 Å². The van der Waals surface area contributed by atoms with E-state index in [9.17, 15) is 4.79 Å². The summed E-state index contributed by atoms with van der Waals surface area (Å²) in [6.45, 7) is 2.52. The van der Waals surface area contributed by atoms with E-state index >= 15 is 0 Å². The highest BCUT2D eigenvalue weighted by atomic mass is 32.2. The van der Waals surface area contributed by atoms with E-state index in [1.807, 2.05) is 11.8 Å². The van der Waals surface area contributed by atoms with Crippen molar-refractivity contribution in [3.05, 3.63) is 0 Å². The predicted octanol–water partition coefficient (Wildman–Crippen LogP) is 1.16. The molecule has 1 spiro atoms. The molecule has 1 saturated carbocycles. The van der Waals surface area contributed by atoms with E-state index in [1.54, 1.807) is 0 Å². The summed E-state index contributed by atoms with van der Waals surface area (Å²) in [5.41, 5.74) is 0.151. The van der Waals surface area contributed by atoms with Gasteiger partial charge in [0.25, 0.3) is 0 Å². The fourth-order valence-corrected chi connectivity index (χ4v) is 4.40. The van der Waals surface area contributed by atoms with Crippen LogP contribution >= 0.6 is 11.8 Å². The second-order valence-corrected chi connectivity index (χ2v) is 7.15. The molecular formula is C14H24N2O2S. The summed E-state index contributed by atoms with van der Waals surface area (Å²) < 4.78 is 6.01. The Morgan fingerprint density at radius 1 is 1.32 bits per heavy atom. The Balaban J connectivity index is 1.34. The average molecular weight is 284 g/mol. The smallest absolute Gasteiger partial charge is 0.223 e. The van der Waals surface area contributed by atoms with Gasteiger partial charge in [0, 0.05) is 37.4 Å². The van der Waals surface area contributed by atoms with Crippen LogP contribution in [0.3, 0.4) is 0 Å². The Labute approximate surface area is 119 Å². The van der Waals surface area contributed by atoms with Gasteiger partial charge < -0.3 is 15.4 Å². The van der Waals surface area contributed by atoms with Crippen LogP contribution in [0.25, 0.3) is 0 Å². The topological polar surface area (TPSA) is 50.4 Å². The van der Waals surface area contributed by atoms with Crippen LogP contribution in [0.5, 0.6) is 0 Å². The number of carbonyl (C=O) groups excluding carboxylic acids is 1. The summed E-state index contributed by atoms with van der Waals surface area (Å²) in [4.78, 5) is 11.5. The molecule has 0 bridgehead atoms. The van der Waals surface area contributed by atoms with Gasteiger partial charge in [0.1, 0.15) is 0 Å². The fraction of sp³-hybridized carbons (Fsp3) is 0.929. The van der Waals surface area contributed by atoms with Crippen LogP contribution in [0, 0.1) is 5.92 Å². The molecule has 4 nitrogen and oxygen atoms in total. The zero-order chi connectivity index (χ0) is 13.1. The lowest BCUT2D eigenvalue weighted by molar-refractivity contribution is -0.122. The molecule has 2 aliphatic heterocycles. The van der Waals surface area contributed by atoms with Gasteiger partial charge in [0.2, 0.25) is 5.91 Å². The van der Waals surface area contributed by atoms with Crippen molar-refractivity contribution in [1.29, 1.82) is 0 Å². The largest absolute Gasteiger partial charge is 0.374 e. The minimum absolute atomic E-state index is 0.151. The lowest BCUT2D eigenvalue weighted by Crippen LogP contribution is -2.48. The van der Waals surface area contributed by atoms with Crippen molar-refractivity contribution in [3.8, 4) is 0 Å². The molecule has 2 atom stereocenters. The van der Waals surface area contributed by atoms with E-state index in [-0.39, 0.29) is 11.5 Å². The second-order valence-electron chi connectivity index (χ2n) is 6.04. The van der Waals surface area contributed by atoms with Crippen LogP contribution < -0.4 is 10.6 Å². The van der Waals surface area contributed by atoms with Gasteiger partial charge in [-0.2, -0.15) is 11.8 Å². The van der Waals surface area contributed by atoms with Crippen LogP contribution in [0.1, 0.15) is 32.1 Å². The lowest BCUT2D eigenvalue weighted by Gasteiger charge is -2.38. The first-order valence-corrected chi connectivity index (χ1v) is 8.66. The number of nitrogens with one attached hydrogen (secondary N) is 2. The molecule has 3 fully saturated rings. The van der Waals surface area contributed by atoms with Crippen molar-refractivity contribution in [1.82, 2.24) is 10.6 Å². The number of carbonyl (C=O) groups is 1. The predicted molar refractivity (Wildman–Crippen MR) is 77.4 cm³/mol. The molecule has 5 heteroatoms. The van der Waals surface area contributed by atoms with Gasteiger partial charge in [0.05, 0.1) is 5.60 Å². The van der Waals surface area contributed by atoms with E-state index in [0.717, 1.165) is 51.1 Å². The van der Waals surface area contributed by atoms with Gasteiger partial charge >= 0.3 is 0 Å². The molecule has 2 saturated heterocycles. The van der Waals surface area contributed by atoms with Gasteiger partial charge in [0.15, 0.2) is 0 Å². The third kappa shape index (κ3) is 3.64. The zero-order valence-corrected chi connectivity index (χ0v) is 12.3. The first-order chi connectivity index (χ1) is 9.27. The van der Waals surface area contributed by atoms with E-state index in [4.69, 9.17) is 4.74 Å². The number of amides is 1. The Kier molecular flexibility index (Phi) is 4.34. The maximum atomic E-state index is 11.5. The second kappa shape index (κ2) is 6.02. The molecule has 0 aromatic carbocycles. The van der Waals surface area contributed by atoms with Crippen molar-refractivity contribution in [2.24, 2.45) is 5.92 Å². The fourth-order valence-electron chi connectivity index (χ4n) is 3.02. The molecular weight excluding hydrogens is 260 g/mol. The van der Waals surface area contributed by atoms with Gasteiger partial charge in [-0.15, -0.1) is 0 Å². The highest BCUT2D eigenvalue weighted by Crippen LogP contribution is 2.38. The van der Waals surface area contributed by atoms with E-state index in [1.165, 1.54) is 12.2 Å². The quantitative estimate of drug-likeness (QED) is 0.744. The zero-order valence-electron chi connectivity index (χ0n) is 11.5. The molecule has 3 aliphatic rings. The van der Waals surface area contributed by atoms with Crippen molar-refractivity contribution < 1.29 is 9.53 Å². The molecule has 3 rings (SSSR count). The first-order valence-electron chi connectivity index (χ1n) is 7.50. The van der Waals surface area contributed by atoms with E-state index in [0.29, 0.717) is 12.0 Å². The van der Waals surface area contributed by atoms with Crippen molar-refractivity contribution >= 4 is 17.7 Å². The molecule has 0 radical (unpaired) electrons. The number of hydrogen-bond acceptors (Lipinski definition) is 4. The van der Waals surface area contributed by atoms with Crippen molar-refractivity contribution in [2.75, 3.05) is 31.2 Å². The van der Waals surface area contributed by atoms with E-state index in [2.05, 4.69) is 10.6 Å². The molecule has 1 amide bonds. The minimum Gasteiger partial charge on any atom is -0.374 e. The molecule has 2 N–H and O–H groups in total. The monoisotopic (exact) mass is 284 g/mol. The molecule has 19 heavy (non-hydrogen) atoms. The summed E-state index contributed by atoms with van der Waals surface area (Å²) in [7, 11) is 0. The van der Waals surface area contributed by atoms with Crippen LogP contribution in [0.15, 0.2) is 0 Å². The molecule has 0 aromatic rings.